The average Bonchev–Trinajstić information content (AvgIpc) is 2.51. The van der Waals surface area contributed by atoms with Gasteiger partial charge in [-0.3, -0.25) is 0 Å². The van der Waals surface area contributed by atoms with E-state index in [4.69, 9.17) is 0 Å². The summed E-state index contributed by atoms with van der Waals surface area (Å²) in [5, 5.41) is 5.52. The van der Waals surface area contributed by atoms with E-state index in [1.807, 2.05) is 0 Å². The Balaban J connectivity index is 2.25. The Bertz CT molecular complexity index is 286. The second-order valence-electron chi connectivity index (χ2n) is 3.92. The van der Waals surface area contributed by atoms with Crippen LogP contribution in [0.2, 0.25) is 0 Å². The minimum atomic E-state index is 0.729. The molecule has 0 aliphatic rings. The SMILES string of the molecule is Cc1ccsc1C=CCNCC(C)C. The van der Waals surface area contributed by atoms with E-state index < -0.39 is 0 Å². The highest BCUT2D eigenvalue weighted by atomic mass is 32.1. The van der Waals surface area contributed by atoms with E-state index in [-0.39, 0.29) is 0 Å². The fourth-order valence-electron chi connectivity index (χ4n) is 1.18. The van der Waals surface area contributed by atoms with Gasteiger partial charge in [0.25, 0.3) is 0 Å². The highest BCUT2D eigenvalue weighted by Gasteiger charge is 1.93. The van der Waals surface area contributed by atoms with Crippen molar-refractivity contribution in [3.63, 3.8) is 0 Å². The van der Waals surface area contributed by atoms with Gasteiger partial charge in [-0.05, 0) is 42.5 Å². The van der Waals surface area contributed by atoms with Gasteiger partial charge in [-0.2, -0.15) is 0 Å². The van der Waals surface area contributed by atoms with Crippen LogP contribution in [-0.2, 0) is 0 Å². The predicted octanol–water partition coefficient (Wildman–Crippen LogP) is 3.32. The van der Waals surface area contributed by atoms with Gasteiger partial charge in [0.2, 0.25) is 0 Å². The lowest BCUT2D eigenvalue weighted by Gasteiger charge is -2.03. The largest absolute Gasteiger partial charge is 0.313 e. The molecule has 14 heavy (non-hydrogen) atoms. The molecule has 0 bridgehead atoms. The van der Waals surface area contributed by atoms with Crippen LogP contribution in [0, 0.1) is 12.8 Å². The lowest BCUT2D eigenvalue weighted by atomic mass is 10.2. The summed E-state index contributed by atoms with van der Waals surface area (Å²) in [7, 11) is 0. The van der Waals surface area contributed by atoms with Gasteiger partial charge in [-0.15, -0.1) is 11.3 Å². The van der Waals surface area contributed by atoms with Crippen LogP contribution in [0.1, 0.15) is 24.3 Å². The number of hydrogen-bond acceptors (Lipinski definition) is 2. The summed E-state index contributed by atoms with van der Waals surface area (Å²) in [5.74, 6) is 0.729. The molecule has 1 aromatic heterocycles. The van der Waals surface area contributed by atoms with Crippen LogP contribution < -0.4 is 5.32 Å². The monoisotopic (exact) mass is 209 g/mol. The van der Waals surface area contributed by atoms with Crippen molar-refractivity contribution in [2.45, 2.75) is 20.8 Å². The van der Waals surface area contributed by atoms with Crippen molar-refractivity contribution >= 4 is 17.4 Å². The quantitative estimate of drug-likeness (QED) is 0.734. The van der Waals surface area contributed by atoms with E-state index in [9.17, 15) is 0 Å². The first-order chi connectivity index (χ1) is 6.70. The first-order valence-electron chi connectivity index (χ1n) is 5.11. The number of hydrogen-bond donors (Lipinski definition) is 1. The molecule has 1 N–H and O–H groups in total. The molecule has 0 unspecified atom stereocenters. The van der Waals surface area contributed by atoms with Crippen molar-refractivity contribution in [3.05, 3.63) is 28.0 Å². The summed E-state index contributed by atoms with van der Waals surface area (Å²) in [5.41, 5.74) is 1.37. The third-order valence-corrected chi connectivity index (χ3v) is 2.97. The van der Waals surface area contributed by atoms with Gasteiger partial charge in [0.15, 0.2) is 0 Å². The molecule has 1 heterocycles. The Labute approximate surface area is 90.9 Å². The zero-order chi connectivity index (χ0) is 10.4. The Morgan fingerprint density at radius 3 is 2.86 bits per heavy atom. The molecular formula is C12H19NS. The number of thiophene rings is 1. The van der Waals surface area contributed by atoms with E-state index in [0.717, 1.165) is 19.0 Å². The van der Waals surface area contributed by atoms with Gasteiger partial charge in [0.1, 0.15) is 0 Å². The first kappa shape index (κ1) is 11.5. The maximum atomic E-state index is 3.38. The summed E-state index contributed by atoms with van der Waals surface area (Å²) in [6.07, 6.45) is 4.40. The first-order valence-corrected chi connectivity index (χ1v) is 5.99. The molecule has 0 aliphatic carbocycles. The Morgan fingerprint density at radius 1 is 1.50 bits per heavy atom. The molecule has 1 nitrogen and oxygen atoms in total. The average molecular weight is 209 g/mol. The standard InChI is InChI=1S/C12H19NS/c1-10(2)9-13-7-4-5-12-11(3)6-8-14-12/h4-6,8,10,13H,7,9H2,1-3H3. The summed E-state index contributed by atoms with van der Waals surface area (Å²) in [6, 6.07) is 2.16. The van der Waals surface area contributed by atoms with E-state index in [2.05, 4.69) is 49.7 Å². The van der Waals surface area contributed by atoms with Crippen molar-refractivity contribution in [1.29, 1.82) is 0 Å². The van der Waals surface area contributed by atoms with Gasteiger partial charge in [0, 0.05) is 11.4 Å². The van der Waals surface area contributed by atoms with E-state index >= 15 is 0 Å². The van der Waals surface area contributed by atoms with Crippen LogP contribution in [0.3, 0.4) is 0 Å². The predicted molar refractivity (Wildman–Crippen MR) is 65.8 cm³/mol. The minimum Gasteiger partial charge on any atom is -0.313 e. The van der Waals surface area contributed by atoms with Crippen LogP contribution in [0.4, 0.5) is 0 Å². The van der Waals surface area contributed by atoms with Crippen molar-refractivity contribution in [2.24, 2.45) is 5.92 Å². The normalized spacial score (nSPS) is 11.7. The molecule has 0 atom stereocenters. The number of rotatable bonds is 5. The third kappa shape index (κ3) is 4.07. The summed E-state index contributed by atoms with van der Waals surface area (Å²) in [4.78, 5) is 1.37. The van der Waals surface area contributed by atoms with E-state index in [1.54, 1.807) is 11.3 Å². The minimum absolute atomic E-state index is 0.729. The molecular weight excluding hydrogens is 190 g/mol. The van der Waals surface area contributed by atoms with Crippen LogP contribution in [0.25, 0.3) is 6.08 Å². The Hall–Kier alpha value is -0.600. The third-order valence-electron chi connectivity index (χ3n) is 1.99. The zero-order valence-electron chi connectivity index (χ0n) is 9.21. The fourth-order valence-corrected chi connectivity index (χ4v) is 2.02. The fraction of sp³-hybridized carbons (Fsp3) is 0.500. The molecule has 0 aliphatic heterocycles. The molecule has 0 fully saturated rings. The van der Waals surface area contributed by atoms with Crippen molar-refractivity contribution < 1.29 is 0 Å². The van der Waals surface area contributed by atoms with Crippen molar-refractivity contribution in [1.82, 2.24) is 5.32 Å². The van der Waals surface area contributed by atoms with Gasteiger partial charge in [-0.25, -0.2) is 0 Å². The van der Waals surface area contributed by atoms with Gasteiger partial charge < -0.3 is 5.32 Å². The van der Waals surface area contributed by atoms with E-state index in [1.165, 1.54) is 10.4 Å². The molecule has 0 aromatic carbocycles. The molecule has 0 amide bonds. The molecule has 1 rings (SSSR count). The topological polar surface area (TPSA) is 12.0 Å². The van der Waals surface area contributed by atoms with Crippen LogP contribution >= 0.6 is 11.3 Å². The molecule has 0 spiro atoms. The smallest absolute Gasteiger partial charge is 0.0296 e. The van der Waals surface area contributed by atoms with Crippen molar-refractivity contribution in [2.75, 3.05) is 13.1 Å². The maximum Gasteiger partial charge on any atom is 0.0296 e. The molecule has 0 saturated heterocycles. The molecule has 1 aromatic rings. The van der Waals surface area contributed by atoms with Gasteiger partial charge >= 0.3 is 0 Å². The highest BCUT2D eigenvalue weighted by Crippen LogP contribution is 2.16. The Morgan fingerprint density at radius 2 is 2.29 bits per heavy atom. The van der Waals surface area contributed by atoms with Crippen LogP contribution in [-0.4, -0.2) is 13.1 Å². The molecule has 0 radical (unpaired) electrons. The van der Waals surface area contributed by atoms with Crippen LogP contribution in [0.5, 0.6) is 0 Å². The van der Waals surface area contributed by atoms with Crippen molar-refractivity contribution in [3.8, 4) is 0 Å². The summed E-state index contributed by atoms with van der Waals surface area (Å²) < 4.78 is 0. The molecule has 0 saturated carbocycles. The summed E-state index contributed by atoms with van der Waals surface area (Å²) >= 11 is 1.80. The van der Waals surface area contributed by atoms with Gasteiger partial charge in [0.05, 0.1) is 0 Å². The molecule has 78 valence electrons. The Kier molecular flexibility index (Phi) is 4.91. The zero-order valence-corrected chi connectivity index (χ0v) is 10.0. The lowest BCUT2D eigenvalue weighted by molar-refractivity contribution is 0.577. The number of aryl methyl sites for hydroxylation is 1. The number of nitrogens with one attached hydrogen (secondary N) is 1. The second kappa shape index (κ2) is 5.99. The maximum absolute atomic E-state index is 3.38. The molecule has 2 heteroatoms. The summed E-state index contributed by atoms with van der Waals surface area (Å²) in [6.45, 7) is 8.65. The second-order valence-corrected chi connectivity index (χ2v) is 4.87. The highest BCUT2D eigenvalue weighted by molar-refractivity contribution is 7.11. The van der Waals surface area contributed by atoms with Gasteiger partial charge in [-0.1, -0.05) is 19.9 Å². The lowest BCUT2D eigenvalue weighted by Crippen LogP contribution is -2.19. The van der Waals surface area contributed by atoms with Crippen LogP contribution in [0.15, 0.2) is 17.5 Å². The van der Waals surface area contributed by atoms with E-state index in [0.29, 0.717) is 0 Å².